The number of sulfonamides is 1. The second-order valence-electron chi connectivity index (χ2n) is 7.41. The molecular weight excluding hydrogens is 354 g/mol. The monoisotopic (exact) mass is 381 g/mol. The molecule has 2 fully saturated rings. The molecule has 0 aromatic heterocycles. The van der Waals surface area contributed by atoms with Crippen molar-refractivity contribution in [3.8, 4) is 0 Å². The Morgan fingerprint density at radius 2 is 1.81 bits per heavy atom. The SMILES string of the molecule is C[C@H](C1CC1)N(C)c1ccc(S(=O)(=O)N2CCCCCC2)cc1[N+](=O)[O-]. The summed E-state index contributed by atoms with van der Waals surface area (Å²) in [6, 6.07) is 4.52. The van der Waals surface area contributed by atoms with E-state index >= 15 is 0 Å². The van der Waals surface area contributed by atoms with Crippen LogP contribution in [0.25, 0.3) is 0 Å². The van der Waals surface area contributed by atoms with Crippen LogP contribution in [-0.4, -0.2) is 43.8 Å². The number of anilines is 1. The van der Waals surface area contributed by atoms with Crippen LogP contribution in [0.5, 0.6) is 0 Å². The highest BCUT2D eigenvalue weighted by Crippen LogP contribution is 2.39. The number of hydrogen-bond donors (Lipinski definition) is 0. The molecule has 2 aliphatic rings. The summed E-state index contributed by atoms with van der Waals surface area (Å²) in [5.41, 5.74) is 0.333. The van der Waals surface area contributed by atoms with E-state index in [9.17, 15) is 18.5 Å². The summed E-state index contributed by atoms with van der Waals surface area (Å²) in [7, 11) is -1.86. The summed E-state index contributed by atoms with van der Waals surface area (Å²) in [6.45, 7) is 3.02. The minimum atomic E-state index is -3.70. The zero-order valence-corrected chi connectivity index (χ0v) is 16.2. The lowest BCUT2D eigenvalue weighted by atomic mass is 10.1. The van der Waals surface area contributed by atoms with Gasteiger partial charge in [0.15, 0.2) is 0 Å². The molecule has 0 N–H and O–H groups in total. The van der Waals surface area contributed by atoms with Crippen LogP contribution in [0.3, 0.4) is 0 Å². The maximum Gasteiger partial charge on any atom is 0.293 e. The largest absolute Gasteiger partial charge is 0.366 e. The van der Waals surface area contributed by atoms with E-state index in [0.29, 0.717) is 24.7 Å². The van der Waals surface area contributed by atoms with Gasteiger partial charge in [0.1, 0.15) is 5.69 Å². The number of nitro groups is 1. The Labute approximate surface area is 155 Å². The molecule has 1 aromatic carbocycles. The Kier molecular flexibility index (Phi) is 5.53. The average Bonchev–Trinajstić information content (AvgIpc) is 3.46. The van der Waals surface area contributed by atoms with Gasteiger partial charge < -0.3 is 4.90 Å². The van der Waals surface area contributed by atoms with Gasteiger partial charge in [-0.25, -0.2) is 8.42 Å². The molecule has 0 unspecified atom stereocenters. The Hall–Kier alpha value is -1.67. The molecule has 144 valence electrons. The van der Waals surface area contributed by atoms with Crippen LogP contribution in [0.15, 0.2) is 23.1 Å². The van der Waals surface area contributed by atoms with Crippen molar-refractivity contribution in [1.82, 2.24) is 4.31 Å². The summed E-state index contributed by atoms with van der Waals surface area (Å²) in [6.07, 6.45) is 5.99. The topological polar surface area (TPSA) is 83.8 Å². The van der Waals surface area contributed by atoms with Crippen LogP contribution in [0.1, 0.15) is 45.4 Å². The summed E-state index contributed by atoms with van der Waals surface area (Å²) in [5, 5.41) is 11.6. The third-order valence-electron chi connectivity index (χ3n) is 5.64. The third-order valence-corrected chi connectivity index (χ3v) is 7.54. The van der Waals surface area contributed by atoms with Crippen LogP contribution in [0.4, 0.5) is 11.4 Å². The van der Waals surface area contributed by atoms with Gasteiger partial charge in [0.2, 0.25) is 10.0 Å². The standard InChI is InChI=1S/C18H27N3O4S/c1-14(15-7-8-15)19(2)17-10-9-16(13-18(17)21(22)23)26(24,25)20-11-5-3-4-6-12-20/h9-10,13-15H,3-8,11-12H2,1-2H3/t14-/m1/s1. The van der Waals surface area contributed by atoms with E-state index in [2.05, 4.69) is 6.92 Å². The van der Waals surface area contributed by atoms with Gasteiger partial charge in [-0.2, -0.15) is 4.31 Å². The van der Waals surface area contributed by atoms with E-state index in [1.165, 1.54) is 16.4 Å². The highest BCUT2D eigenvalue weighted by Gasteiger charge is 2.34. The summed E-state index contributed by atoms with van der Waals surface area (Å²) in [5.74, 6) is 0.556. The zero-order valence-electron chi connectivity index (χ0n) is 15.4. The molecule has 1 aliphatic heterocycles. The first-order valence-corrected chi connectivity index (χ1v) is 10.8. The second kappa shape index (κ2) is 7.52. The Morgan fingerprint density at radius 3 is 2.35 bits per heavy atom. The van der Waals surface area contributed by atoms with E-state index in [1.807, 2.05) is 11.9 Å². The molecule has 1 aliphatic carbocycles. The van der Waals surface area contributed by atoms with Crippen molar-refractivity contribution in [1.29, 1.82) is 0 Å². The summed E-state index contributed by atoms with van der Waals surface area (Å²) >= 11 is 0. The lowest BCUT2D eigenvalue weighted by Gasteiger charge is -2.27. The third kappa shape index (κ3) is 3.86. The molecule has 0 radical (unpaired) electrons. The maximum absolute atomic E-state index is 12.9. The predicted octanol–water partition coefficient (Wildman–Crippen LogP) is 3.39. The van der Waals surface area contributed by atoms with Crippen LogP contribution >= 0.6 is 0 Å². The smallest absolute Gasteiger partial charge is 0.293 e. The molecule has 1 saturated heterocycles. The second-order valence-corrected chi connectivity index (χ2v) is 9.35. The highest BCUT2D eigenvalue weighted by molar-refractivity contribution is 7.89. The lowest BCUT2D eigenvalue weighted by Crippen LogP contribution is -2.33. The molecule has 0 spiro atoms. The maximum atomic E-state index is 12.9. The molecule has 1 atom stereocenters. The van der Waals surface area contributed by atoms with Gasteiger partial charge in [0, 0.05) is 32.2 Å². The van der Waals surface area contributed by atoms with E-state index in [0.717, 1.165) is 38.5 Å². The van der Waals surface area contributed by atoms with Crippen molar-refractivity contribution >= 4 is 21.4 Å². The predicted molar refractivity (Wildman–Crippen MR) is 101 cm³/mol. The van der Waals surface area contributed by atoms with Gasteiger partial charge >= 0.3 is 0 Å². The molecule has 8 heteroatoms. The minimum absolute atomic E-state index is 0.0160. The van der Waals surface area contributed by atoms with Crippen molar-refractivity contribution in [2.75, 3.05) is 25.0 Å². The Morgan fingerprint density at radius 1 is 1.19 bits per heavy atom. The first-order chi connectivity index (χ1) is 12.3. The van der Waals surface area contributed by atoms with Gasteiger partial charge in [-0.15, -0.1) is 0 Å². The summed E-state index contributed by atoms with van der Waals surface area (Å²) in [4.78, 5) is 13.1. The van der Waals surface area contributed by atoms with Gasteiger partial charge in [-0.05, 0) is 50.7 Å². The number of nitrogens with zero attached hydrogens (tertiary/aromatic N) is 3. The van der Waals surface area contributed by atoms with Crippen LogP contribution < -0.4 is 4.90 Å². The number of rotatable bonds is 6. The van der Waals surface area contributed by atoms with E-state index < -0.39 is 14.9 Å². The number of hydrogen-bond acceptors (Lipinski definition) is 5. The minimum Gasteiger partial charge on any atom is -0.366 e. The fourth-order valence-electron chi connectivity index (χ4n) is 3.65. The molecule has 1 heterocycles. The average molecular weight is 381 g/mol. The van der Waals surface area contributed by atoms with Crippen LogP contribution in [0, 0.1) is 16.0 Å². The van der Waals surface area contributed by atoms with Crippen LogP contribution in [0.2, 0.25) is 0 Å². The van der Waals surface area contributed by atoms with Crippen molar-refractivity contribution in [3.63, 3.8) is 0 Å². The summed E-state index contributed by atoms with van der Waals surface area (Å²) < 4.78 is 27.3. The normalized spacial score (nSPS) is 20.4. The molecule has 0 bridgehead atoms. The van der Waals surface area contributed by atoms with E-state index in [-0.39, 0.29) is 16.6 Å². The van der Waals surface area contributed by atoms with E-state index in [1.54, 1.807) is 6.07 Å². The Bertz CT molecular complexity index is 769. The molecule has 26 heavy (non-hydrogen) atoms. The lowest BCUT2D eigenvalue weighted by molar-refractivity contribution is -0.384. The van der Waals surface area contributed by atoms with E-state index in [4.69, 9.17) is 0 Å². The molecule has 0 amide bonds. The van der Waals surface area contributed by atoms with Crippen LogP contribution in [-0.2, 0) is 10.0 Å². The van der Waals surface area contributed by atoms with Crippen molar-refractivity contribution in [2.24, 2.45) is 5.92 Å². The number of nitro benzene ring substituents is 1. The van der Waals surface area contributed by atoms with Gasteiger partial charge in [-0.1, -0.05) is 12.8 Å². The van der Waals surface area contributed by atoms with Gasteiger partial charge in [0.25, 0.3) is 5.69 Å². The molecule has 7 nitrogen and oxygen atoms in total. The van der Waals surface area contributed by atoms with Crippen molar-refractivity contribution in [2.45, 2.75) is 56.4 Å². The fraction of sp³-hybridized carbons (Fsp3) is 0.667. The van der Waals surface area contributed by atoms with Crippen molar-refractivity contribution in [3.05, 3.63) is 28.3 Å². The van der Waals surface area contributed by atoms with Gasteiger partial charge in [0.05, 0.1) is 9.82 Å². The quantitative estimate of drug-likeness (QED) is 0.557. The fourth-order valence-corrected chi connectivity index (χ4v) is 5.19. The molecule has 1 saturated carbocycles. The van der Waals surface area contributed by atoms with Crippen molar-refractivity contribution < 1.29 is 13.3 Å². The molecule has 1 aromatic rings. The molecule has 3 rings (SSSR count). The van der Waals surface area contributed by atoms with Gasteiger partial charge in [-0.3, -0.25) is 10.1 Å². The first kappa shape index (κ1) is 19.1. The Balaban J connectivity index is 1.93. The first-order valence-electron chi connectivity index (χ1n) is 9.34. The zero-order chi connectivity index (χ0) is 18.9. The molecular formula is C18H27N3O4S. The number of benzene rings is 1. The highest BCUT2D eigenvalue weighted by atomic mass is 32.2.